The Morgan fingerprint density at radius 2 is 2.10 bits per heavy atom. The van der Waals surface area contributed by atoms with Gasteiger partial charge in [-0.05, 0) is 12.5 Å². The van der Waals surface area contributed by atoms with Crippen molar-refractivity contribution in [3.63, 3.8) is 0 Å². The van der Waals surface area contributed by atoms with Crippen LogP contribution in [0.15, 0.2) is 16.7 Å². The van der Waals surface area contributed by atoms with Gasteiger partial charge in [0.1, 0.15) is 11.3 Å². The molecule has 0 N–H and O–H groups in total. The second-order valence-corrected chi connectivity index (χ2v) is 4.88. The summed E-state index contributed by atoms with van der Waals surface area (Å²) in [4.78, 5) is 27.0. The third-order valence-corrected chi connectivity index (χ3v) is 3.55. The van der Waals surface area contributed by atoms with Gasteiger partial charge in [0.15, 0.2) is 0 Å². The number of hydrogen-bond acceptors (Lipinski definition) is 5. The Hall–Kier alpha value is -1.82. The van der Waals surface area contributed by atoms with Crippen LogP contribution in [-0.4, -0.2) is 55.0 Å². The number of carbonyl (C=O) groups is 2. The fourth-order valence-electron chi connectivity index (χ4n) is 2.40. The Labute approximate surface area is 118 Å². The summed E-state index contributed by atoms with van der Waals surface area (Å²) in [6, 6.07) is 1.63. The molecule has 0 bridgehead atoms. The van der Waals surface area contributed by atoms with Crippen molar-refractivity contribution >= 4 is 11.9 Å². The van der Waals surface area contributed by atoms with Crippen molar-refractivity contribution in [2.24, 2.45) is 0 Å². The third-order valence-electron chi connectivity index (χ3n) is 3.55. The van der Waals surface area contributed by atoms with Crippen molar-refractivity contribution in [3.05, 3.63) is 23.7 Å². The van der Waals surface area contributed by atoms with Gasteiger partial charge in [0.25, 0.3) is 0 Å². The summed E-state index contributed by atoms with van der Waals surface area (Å²) in [5, 5.41) is 0. The van der Waals surface area contributed by atoms with E-state index in [4.69, 9.17) is 9.15 Å². The molecule has 2 heterocycles. The van der Waals surface area contributed by atoms with Crippen LogP contribution < -0.4 is 0 Å². The van der Waals surface area contributed by atoms with Crippen LogP contribution in [0, 0.1) is 0 Å². The SMILES string of the molecule is COC(=O)c1ccoc1CN1CCCN(C(C)=O)CC1. The molecule has 20 heavy (non-hydrogen) atoms. The molecular weight excluding hydrogens is 260 g/mol. The zero-order chi connectivity index (χ0) is 14.5. The summed E-state index contributed by atoms with van der Waals surface area (Å²) in [7, 11) is 1.36. The van der Waals surface area contributed by atoms with E-state index in [0.29, 0.717) is 24.4 Å². The van der Waals surface area contributed by atoms with Crippen LogP contribution >= 0.6 is 0 Å². The first-order valence-electron chi connectivity index (χ1n) is 6.74. The summed E-state index contributed by atoms with van der Waals surface area (Å²) < 4.78 is 10.1. The Bertz CT molecular complexity index is 483. The number of methoxy groups -OCH3 is 1. The van der Waals surface area contributed by atoms with Crippen molar-refractivity contribution in [2.75, 3.05) is 33.3 Å². The second-order valence-electron chi connectivity index (χ2n) is 4.88. The van der Waals surface area contributed by atoms with E-state index in [9.17, 15) is 9.59 Å². The van der Waals surface area contributed by atoms with Crippen molar-refractivity contribution < 1.29 is 18.7 Å². The van der Waals surface area contributed by atoms with Crippen LogP contribution in [-0.2, 0) is 16.1 Å². The van der Waals surface area contributed by atoms with E-state index in [-0.39, 0.29) is 11.9 Å². The van der Waals surface area contributed by atoms with E-state index >= 15 is 0 Å². The molecule has 1 fully saturated rings. The topological polar surface area (TPSA) is 63.0 Å². The fourth-order valence-corrected chi connectivity index (χ4v) is 2.40. The number of esters is 1. The summed E-state index contributed by atoms with van der Waals surface area (Å²) in [5.41, 5.74) is 0.472. The maximum absolute atomic E-state index is 11.6. The van der Waals surface area contributed by atoms with Gasteiger partial charge >= 0.3 is 5.97 Å². The largest absolute Gasteiger partial charge is 0.467 e. The lowest BCUT2D eigenvalue weighted by molar-refractivity contribution is -0.128. The molecule has 2 rings (SSSR count). The first-order chi connectivity index (χ1) is 9.61. The Morgan fingerprint density at radius 3 is 2.80 bits per heavy atom. The van der Waals surface area contributed by atoms with Gasteiger partial charge in [0.05, 0.1) is 19.9 Å². The Balaban J connectivity index is 1.98. The predicted octanol–water partition coefficient (Wildman–Crippen LogP) is 1.12. The summed E-state index contributed by atoms with van der Waals surface area (Å²) in [6.45, 7) is 5.31. The van der Waals surface area contributed by atoms with Crippen molar-refractivity contribution in [3.8, 4) is 0 Å². The average molecular weight is 280 g/mol. The van der Waals surface area contributed by atoms with Crippen LogP contribution in [0.3, 0.4) is 0 Å². The predicted molar refractivity (Wildman–Crippen MR) is 72.2 cm³/mol. The number of rotatable bonds is 3. The van der Waals surface area contributed by atoms with Gasteiger partial charge in [-0.3, -0.25) is 9.69 Å². The average Bonchev–Trinajstić information content (AvgIpc) is 2.75. The highest BCUT2D eigenvalue weighted by molar-refractivity contribution is 5.90. The first kappa shape index (κ1) is 14.6. The van der Waals surface area contributed by atoms with E-state index in [1.54, 1.807) is 13.0 Å². The van der Waals surface area contributed by atoms with E-state index in [1.807, 2.05) is 4.90 Å². The number of carbonyl (C=O) groups excluding carboxylic acids is 2. The maximum atomic E-state index is 11.6. The number of ether oxygens (including phenoxy) is 1. The molecule has 110 valence electrons. The van der Waals surface area contributed by atoms with Gasteiger partial charge in [0.2, 0.25) is 5.91 Å². The van der Waals surface area contributed by atoms with Gasteiger partial charge in [-0.1, -0.05) is 0 Å². The fraction of sp³-hybridized carbons (Fsp3) is 0.571. The standard InChI is InChI=1S/C14H20N2O4/c1-11(17)16-6-3-5-15(7-8-16)10-13-12(4-9-20-13)14(18)19-2/h4,9H,3,5-8,10H2,1-2H3. The van der Waals surface area contributed by atoms with Crippen molar-refractivity contribution in [1.82, 2.24) is 9.80 Å². The van der Waals surface area contributed by atoms with Crippen molar-refractivity contribution in [2.45, 2.75) is 19.9 Å². The molecular formula is C14H20N2O4. The first-order valence-corrected chi connectivity index (χ1v) is 6.74. The van der Waals surface area contributed by atoms with Crippen LogP contribution in [0.4, 0.5) is 0 Å². The molecule has 0 aromatic carbocycles. The van der Waals surface area contributed by atoms with Crippen LogP contribution in [0.5, 0.6) is 0 Å². The van der Waals surface area contributed by atoms with Crippen LogP contribution in [0.1, 0.15) is 29.5 Å². The lowest BCUT2D eigenvalue weighted by Gasteiger charge is -2.20. The Kier molecular flexibility index (Phi) is 4.79. The quantitative estimate of drug-likeness (QED) is 0.776. The normalized spacial score (nSPS) is 16.8. The lowest BCUT2D eigenvalue weighted by atomic mass is 10.2. The highest BCUT2D eigenvalue weighted by Gasteiger charge is 2.21. The van der Waals surface area contributed by atoms with E-state index < -0.39 is 0 Å². The van der Waals surface area contributed by atoms with Gasteiger partial charge in [-0.2, -0.15) is 0 Å². The van der Waals surface area contributed by atoms with Gasteiger partial charge < -0.3 is 14.1 Å². The van der Waals surface area contributed by atoms with E-state index in [0.717, 1.165) is 26.1 Å². The van der Waals surface area contributed by atoms with Gasteiger partial charge in [-0.25, -0.2) is 4.79 Å². The molecule has 0 radical (unpaired) electrons. The molecule has 0 aliphatic carbocycles. The van der Waals surface area contributed by atoms with Crippen LogP contribution in [0.25, 0.3) is 0 Å². The molecule has 0 saturated carbocycles. The molecule has 0 atom stereocenters. The number of amides is 1. The molecule has 6 heteroatoms. The van der Waals surface area contributed by atoms with E-state index in [1.165, 1.54) is 13.4 Å². The summed E-state index contributed by atoms with van der Waals surface area (Å²) in [5.74, 6) is 0.349. The number of hydrogen-bond donors (Lipinski definition) is 0. The van der Waals surface area contributed by atoms with E-state index in [2.05, 4.69) is 4.90 Å². The molecule has 1 aliphatic heterocycles. The van der Waals surface area contributed by atoms with Gasteiger partial charge in [-0.15, -0.1) is 0 Å². The molecule has 1 aliphatic rings. The monoisotopic (exact) mass is 280 g/mol. The Morgan fingerprint density at radius 1 is 1.30 bits per heavy atom. The summed E-state index contributed by atoms with van der Waals surface area (Å²) >= 11 is 0. The number of furan rings is 1. The zero-order valence-electron chi connectivity index (χ0n) is 11.9. The molecule has 1 aromatic heterocycles. The zero-order valence-corrected chi connectivity index (χ0v) is 11.9. The van der Waals surface area contributed by atoms with Crippen molar-refractivity contribution in [1.29, 1.82) is 0 Å². The highest BCUT2D eigenvalue weighted by atomic mass is 16.5. The number of nitrogens with zero attached hydrogens (tertiary/aromatic N) is 2. The summed E-state index contributed by atoms with van der Waals surface area (Å²) in [6.07, 6.45) is 2.43. The third kappa shape index (κ3) is 3.39. The smallest absolute Gasteiger partial charge is 0.341 e. The minimum atomic E-state index is -0.381. The lowest BCUT2D eigenvalue weighted by Crippen LogP contribution is -2.33. The second kappa shape index (κ2) is 6.56. The molecule has 1 aromatic rings. The molecule has 6 nitrogen and oxygen atoms in total. The minimum absolute atomic E-state index is 0.111. The molecule has 1 amide bonds. The molecule has 1 saturated heterocycles. The minimum Gasteiger partial charge on any atom is -0.467 e. The molecule has 0 spiro atoms. The van der Waals surface area contributed by atoms with Crippen LogP contribution in [0.2, 0.25) is 0 Å². The highest BCUT2D eigenvalue weighted by Crippen LogP contribution is 2.16. The molecule has 0 unspecified atom stereocenters. The van der Waals surface area contributed by atoms with Gasteiger partial charge in [0, 0.05) is 33.1 Å². The maximum Gasteiger partial charge on any atom is 0.341 e.